The zero-order chi connectivity index (χ0) is 16.7. The summed E-state index contributed by atoms with van der Waals surface area (Å²) < 4.78 is 62.0. The summed E-state index contributed by atoms with van der Waals surface area (Å²) in [5.41, 5.74) is -5.34. The fraction of sp³-hybridized carbons (Fsp3) is 0.333. The van der Waals surface area contributed by atoms with Gasteiger partial charge in [0, 0.05) is 0 Å². The molecule has 0 radical (unpaired) electrons. The molecule has 120 valence electrons. The van der Waals surface area contributed by atoms with Crippen LogP contribution in [0.25, 0.3) is 0 Å². The lowest BCUT2D eigenvalue weighted by Gasteiger charge is -2.22. The lowest BCUT2D eigenvalue weighted by atomic mass is 10.1. The van der Waals surface area contributed by atoms with Gasteiger partial charge >= 0.3 is 15.6 Å². The summed E-state index contributed by atoms with van der Waals surface area (Å²) in [5.74, 6) is -1.41. The van der Waals surface area contributed by atoms with Crippen molar-refractivity contribution >= 4 is 21.9 Å². The maximum Gasteiger partial charge on any atom is 0.523 e. The molecular weight excluding hydrogens is 327 g/mol. The van der Waals surface area contributed by atoms with Crippen molar-refractivity contribution in [3.63, 3.8) is 0 Å². The van der Waals surface area contributed by atoms with E-state index < -0.39 is 40.1 Å². The molecule has 0 spiro atoms. The van der Waals surface area contributed by atoms with Crippen LogP contribution in [0.1, 0.15) is 27.6 Å². The molecule has 1 aromatic carbocycles. The lowest BCUT2D eigenvalue weighted by Crippen LogP contribution is -2.42. The number of carbonyl (C=O) groups is 2. The van der Waals surface area contributed by atoms with Crippen molar-refractivity contribution in [3.05, 3.63) is 35.4 Å². The molecule has 0 N–H and O–H groups in total. The van der Waals surface area contributed by atoms with Crippen molar-refractivity contribution in [2.45, 2.75) is 18.5 Å². The molecule has 0 aromatic heterocycles. The van der Waals surface area contributed by atoms with Crippen molar-refractivity contribution in [2.24, 2.45) is 0 Å². The van der Waals surface area contributed by atoms with Gasteiger partial charge < -0.3 is 0 Å². The minimum absolute atomic E-state index is 0.109. The molecule has 1 aliphatic rings. The van der Waals surface area contributed by atoms with E-state index in [-0.39, 0.29) is 11.1 Å². The second kappa shape index (κ2) is 5.36. The Morgan fingerprint density at radius 1 is 1.14 bits per heavy atom. The monoisotopic (exact) mass is 337 g/mol. The Bertz CT molecular complexity index is 694. The number of rotatable bonds is 4. The minimum Gasteiger partial charge on any atom is -0.269 e. The van der Waals surface area contributed by atoms with Crippen molar-refractivity contribution < 1.29 is 35.4 Å². The predicted molar refractivity (Wildman–Crippen MR) is 67.3 cm³/mol. The molecule has 1 atom stereocenters. The van der Waals surface area contributed by atoms with Gasteiger partial charge in [0.15, 0.2) is 0 Å². The van der Waals surface area contributed by atoms with Crippen molar-refractivity contribution in [1.82, 2.24) is 4.90 Å². The number of halogens is 3. The molecule has 0 unspecified atom stereocenters. The predicted octanol–water partition coefficient (Wildman–Crippen LogP) is 1.54. The van der Waals surface area contributed by atoms with Gasteiger partial charge in [-0.1, -0.05) is 12.1 Å². The van der Waals surface area contributed by atoms with Crippen LogP contribution in [0.2, 0.25) is 0 Å². The van der Waals surface area contributed by atoms with Gasteiger partial charge in [-0.3, -0.25) is 18.7 Å². The number of hydrogen-bond donors (Lipinski definition) is 0. The number of hydrogen-bond acceptors (Lipinski definition) is 5. The number of fused-ring (bicyclic) bond motifs is 1. The van der Waals surface area contributed by atoms with Crippen LogP contribution in [0.5, 0.6) is 0 Å². The SMILES string of the molecule is C[C@@H](COS(=O)(=O)C(F)(F)F)N1C(=O)c2ccccc2C1=O. The topological polar surface area (TPSA) is 80.8 Å². The van der Waals surface area contributed by atoms with Crippen molar-refractivity contribution in [1.29, 1.82) is 0 Å². The zero-order valence-corrected chi connectivity index (χ0v) is 11.9. The maximum absolute atomic E-state index is 12.2. The van der Waals surface area contributed by atoms with Crippen molar-refractivity contribution in [3.8, 4) is 0 Å². The molecule has 1 heterocycles. The number of benzene rings is 1. The van der Waals surface area contributed by atoms with E-state index >= 15 is 0 Å². The number of alkyl halides is 3. The number of nitrogens with zero attached hydrogens (tertiary/aromatic N) is 1. The third-order valence-corrected chi connectivity index (χ3v) is 4.03. The number of carbonyl (C=O) groups excluding carboxylic acids is 2. The van der Waals surface area contributed by atoms with E-state index in [4.69, 9.17) is 0 Å². The fourth-order valence-electron chi connectivity index (χ4n) is 1.94. The van der Waals surface area contributed by atoms with Crippen LogP contribution in [0.4, 0.5) is 13.2 Å². The van der Waals surface area contributed by atoms with Crippen LogP contribution in [0, 0.1) is 0 Å². The first kappa shape index (κ1) is 16.4. The average molecular weight is 337 g/mol. The highest BCUT2D eigenvalue weighted by atomic mass is 32.2. The summed E-state index contributed by atoms with van der Waals surface area (Å²) in [4.78, 5) is 24.8. The first-order valence-corrected chi connectivity index (χ1v) is 7.39. The lowest BCUT2D eigenvalue weighted by molar-refractivity contribution is -0.0549. The van der Waals surface area contributed by atoms with E-state index in [1.165, 1.54) is 31.2 Å². The molecule has 2 amide bonds. The Balaban J connectivity index is 2.14. The van der Waals surface area contributed by atoms with Crippen LogP contribution >= 0.6 is 0 Å². The van der Waals surface area contributed by atoms with E-state index in [1.807, 2.05) is 0 Å². The summed E-state index contributed by atoms with van der Waals surface area (Å²) in [6, 6.07) is 4.68. The van der Waals surface area contributed by atoms with Crippen LogP contribution in [-0.2, 0) is 14.3 Å². The Morgan fingerprint density at radius 2 is 1.59 bits per heavy atom. The summed E-state index contributed by atoms with van der Waals surface area (Å²) in [6.07, 6.45) is 0. The van der Waals surface area contributed by atoms with Crippen LogP contribution in [0.15, 0.2) is 24.3 Å². The third-order valence-electron chi connectivity index (χ3n) is 3.01. The first-order valence-electron chi connectivity index (χ1n) is 5.99. The van der Waals surface area contributed by atoms with Gasteiger partial charge in [-0.25, -0.2) is 0 Å². The average Bonchev–Trinajstić information content (AvgIpc) is 2.68. The number of amides is 2. The number of imide groups is 1. The standard InChI is InChI=1S/C12H10F3NO5S/c1-7(6-21-22(19,20)12(13,14)15)16-10(17)8-4-2-3-5-9(8)11(16)18/h2-5,7H,6H2,1H3/t7-/m0/s1. The van der Waals surface area contributed by atoms with Crippen LogP contribution in [-0.4, -0.2) is 43.3 Å². The maximum atomic E-state index is 12.2. The molecule has 0 saturated heterocycles. The minimum atomic E-state index is -5.77. The third kappa shape index (κ3) is 2.71. The molecule has 22 heavy (non-hydrogen) atoms. The molecule has 10 heteroatoms. The normalized spacial score (nSPS) is 16.8. The Morgan fingerprint density at radius 3 is 2.00 bits per heavy atom. The highest BCUT2D eigenvalue weighted by molar-refractivity contribution is 7.87. The highest BCUT2D eigenvalue weighted by Crippen LogP contribution is 2.27. The van der Waals surface area contributed by atoms with Gasteiger partial charge in [0.05, 0.1) is 23.8 Å². The summed E-state index contributed by atoms with van der Waals surface area (Å²) in [5, 5.41) is 0. The van der Waals surface area contributed by atoms with E-state index in [1.54, 1.807) is 0 Å². The van der Waals surface area contributed by atoms with E-state index in [0.29, 0.717) is 4.90 Å². The van der Waals surface area contributed by atoms with E-state index in [2.05, 4.69) is 4.18 Å². The summed E-state index contributed by atoms with van der Waals surface area (Å²) >= 11 is 0. The molecule has 1 aromatic rings. The van der Waals surface area contributed by atoms with E-state index in [9.17, 15) is 31.2 Å². The fourth-order valence-corrected chi connectivity index (χ4v) is 2.45. The molecule has 0 saturated carbocycles. The molecule has 0 bridgehead atoms. The second-order valence-electron chi connectivity index (χ2n) is 4.56. The van der Waals surface area contributed by atoms with Gasteiger partial charge in [0.2, 0.25) is 0 Å². The van der Waals surface area contributed by atoms with Crippen LogP contribution < -0.4 is 0 Å². The van der Waals surface area contributed by atoms with Gasteiger partial charge in [0.25, 0.3) is 11.8 Å². The Kier molecular flexibility index (Phi) is 4.00. The molecule has 2 rings (SSSR count). The largest absolute Gasteiger partial charge is 0.523 e. The van der Waals surface area contributed by atoms with Gasteiger partial charge in [-0.2, -0.15) is 21.6 Å². The van der Waals surface area contributed by atoms with Gasteiger partial charge in [-0.05, 0) is 19.1 Å². The molecule has 0 aliphatic carbocycles. The molecule has 1 aliphatic heterocycles. The molecule has 6 nitrogen and oxygen atoms in total. The quantitative estimate of drug-likeness (QED) is 0.473. The van der Waals surface area contributed by atoms with E-state index in [0.717, 1.165) is 0 Å². The summed E-state index contributed by atoms with van der Waals surface area (Å²) in [7, 11) is -5.77. The Labute approximate surface area is 123 Å². The van der Waals surface area contributed by atoms with Crippen LogP contribution in [0.3, 0.4) is 0 Å². The zero-order valence-electron chi connectivity index (χ0n) is 11.1. The van der Waals surface area contributed by atoms with Crippen molar-refractivity contribution in [2.75, 3.05) is 6.61 Å². The molecular formula is C12H10F3NO5S. The second-order valence-corrected chi connectivity index (χ2v) is 6.17. The molecule has 0 fully saturated rings. The first-order chi connectivity index (χ1) is 10.1. The van der Waals surface area contributed by atoms with Gasteiger partial charge in [-0.15, -0.1) is 0 Å². The summed E-state index contributed by atoms with van der Waals surface area (Å²) in [6.45, 7) is 0.237. The highest BCUT2D eigenvalue weighted by Gasteiger charge is 2.48. The van der Waals surface area contributed by atoms with Gasteiger partial charge in [0.1, 0.15) is 0 Å². The smallest absolute Gasteiger partial charge is 0.269 e. The Hall–Kier alpha value is -1.94.